The van der Waals surface area contributed by atoms with E-state index in [0.29, 0.717) is 30.3 Å². The maximum atomic E-state index is 13.5. The second kappa shape index (κ2) is 10.2. The number of anilines is 1. The first-order valence-corrected chi connectivity index (χ1v) is 10.8. The molecule has 0 aliphatic carbocycles. The molecule has 1 amide bonds. The first-order valence-electron chi connectivity index (χ1n) is 10.8. The van der Waals surface area contributed by atoms with Crippen LogP contribution >= 0.6 is 0 Å². The smallest absolute Gasteiger partial charge is 0.404 e. The van der Waals surface area contributed by atoms with Crippen LogP contribution in [0.1, 0.15) is 66.8 Å². The van der Waals surface area contributed by atoms with Crippen LogP contribution in [0.25, 0.3) is 0 Å². The topological polar surface area (TPSA) is 60.2 Å². The number of nitrogens with zero attached hydrogens (tertiary/aromatic N) is 4. The van der Waals surface area contributed by atoms with Gasteiger partial charge in [0.1, 0.15) is 5.82 Å². The van der Waals surface area contributed by atoms with Crippen molar-refractivity contribution < 1.29 is 35.9 Å². The molecule has 0 bridgehead atoms. The van der Waals surface area contributed by atoms with Crippen LogP contribution in [-0.2, 0) is 7.05 Å². The van der Waals surface area contributed by atoms with Gasteiger partial charge >= 0.3 is 12.4 Å². The number of aromatic nitrogens is 3. The van der Waals surface area contributed by atoms with Crippen molar-refractivity contribution >= 4 is 11.7 Å². The predicted octanol–water partition coefficient (Wildman–Crippen LogP) is 5.87. The lowest BCUT2D eigenvalue weighted by Gasteiger charge is -2.28. The molecule has 6 nitrogen and oxygen atoms in total. The third-order valence-corrected chi connectivity index (χ3v) is 5.59. The number of amides is 1. The van der Waals surface area contributed by atoms with E-state index < -0.39 is 41.7 Å². The van der Waals surface area contributed by atoms with Crippen molar-refractivity contribution in [2.45, 2.75) is 71.8 Å². The second-order valence-electron chi connectivity index (χ2n) is 7.86. The van der Waals surface area contributed by atoms with Gasteiger partial charge < -0.3 is 4.74 Å². The Bertz CT molecular complexity index is 998. The number of carbonyl (C=O) groups is 1. The molecule has 2 aromatic heterocycles. The molecule has 0 saturated carbocycles. The molecular formula is C22H28F6N4O2. The van der Waals surface area contributed by atoms with E-state index in [2.05, 4.69) is 10.1 Å². The van der Waals surface area contributed by atoms with Crippen LogP contribution in [-0.4, -0.2) is 45.7 Å². The molecule has 2 rings (SSSR count). The molecule has 0 saturated heterocycles. The predicted molar refractivity (Wildman–Crippen MR) is 114 cm³/mol. The standard InChI is InChI=1S/C22H28F6N4O2/c1-7-14(8-2)34-19-15(18(21(23,24)25)22(26,27)28)10-11-16(29-19)32(9-3)20(33)17-12(4)30-31(6)13(17)5/h10-11,14,18H,7-9H2,1-6H3. The van der Waals surface area contributed by atoms with Gasteiger partial charge in [0.15, 0.2) is 5.92 Å². The molecule has 190 valence electrons. The van der Waals surface area contributed by atoms with Crippen molar-refractivity contribution in [2.24, 2.45) is 7.05 Å². The van der Waals surface area contributed by atoms with E-state index in [9.17, 15) is 31.1 Å². The number of rotatable bonds is 8. The highest BCUT2D eigenvalue weighted by Gasteiger charge is 2.58. The average molecular weight is 494 g/mol. The van der Waals surface area contributed by atoms with E-state index in [1.54, 1.807) is 41.7 Å². The van der Waals surface area contributed by atoms with Crippen molar-refractivity contribution in [3.8, 4) is 5.88 Å². The Morgan fingerprint density at radius 3 is 2.03 bits per heavy atom. The summed E-state index contributed by atoms with van der Waals surface area (Å²) >= 11 is 0. The third-order valence-electron chi connectivity index (χ3n) is 5.59. The van der Waals surface area contributed by atoms with Crippen LogP contribution in [0, 0.1) is 13.8 Å². The SMILES string of the molecule is CCC(CC)Oc1nc(N(CC)C(=O)c2c(C)nn(C)c2C)ccc1C(C(F)(F)F)C(F)(F)F. The van der Waals surface area contributed by atoms with Crippen LogP contribution in [0.15, 0.2) is 12.1 Å². The first kappa shape index (κ1) is 27.5. The monoisotopic (exact) mass is 494 g/mol. The average Bonchev–Trinajstić information content (AvgIpc) is 2.97. The maximum Gasteiger partial charge on any atom is 0.404 e. The van der Waals surface area contributed by atoms with E-state index in [0.717, 1.165) is 11.0 Å². The van der Waals surface area contributed by atoms with Gasteiger partial charge in [-0.2, -0.15) is 36.4 Å². The minimum Gasteiger partial charge on any atom is -0.474 e. The largest absolute Gasteiger partial charge is 0.474 e. The summed E-state index contributed by atoms with van der Waals surface area (Å²) in [5.74, 6) is -5.22. The van der Waals surface area contributed by atoms with E-state index in [1.807, 2.05) is 0 Å². The highest BCUT2D eigenvalue weighted by atomic mass is 19.4. The minimum atomic E-state index is -5.61. The lowest BCUT2D eigenvalue weighted by atomic mass is 9.98. The lowest BCUT2D eigenvalue weighted by Crippen LogP contribution is -2.36. The summed E-state index contributed by atoms with van der Waals surface area (Å²) in [7, 11) is 1.65. The number of ether oxygens (including phenoxy) is 1. The fourth-order valence-electron chi connectivity index (χ4n) is 3.69. The Kier molecular flexibility index (Phi) is 8.26. The van der Waals surface area contributed by atoms with Gasteiger partial charge in [0.05, 0.1) is 17.4 Å². The van der Waals surface area contributed by atoms with Gasteiger partial charge in [0.25, 0.3) is 5.91 Å². The van der Waals surface area contributed by atoms with Gasteiger partial charge in [-0.3, -0.25) is 14.4 Å². The number of halogens is 6. The Balaban J connectivity index is 2.67. The summed E-state index contributed by atoms with van der Waals surface area (Å²) in [5, 5.41) is 4.19. The van der Waals surface area contributed by atoms with Crippen LogP contribution in [0.4, 0.5) is 32.2 Å². The summed E-state index contributed by atoms with van der Waals surface area (Å²) in [4.78, 5) is 18.4. The Labute approximate surface area is 193 Å². The molecule has 2 heterocycles. The molecule has 0 unspecified atom stereocenters. The van der Waals surface area contributed by atoms with Gasteiger partial charge in [-0.05, 0) is 45.7 Å². The van der Waals surface area contributed by atoms with E-state index in [-0.39, 0.29) is 17.9 Å². The zero-order valence-corrected chi connectivity index (χ0v) is 19.8. The van der Waals surface area contributed by atoms with E-state index in [1.165, 1.54) is 4.68 Å². The van der Waals surface area contributed by atoms with Gasteiger partial charge in [-0.25, -0.2) is 0 Å². The summed E-state index contributed by atoms with van der Waals surface area (Å²) < 4.78 is 87.9. The van der Waals surface area contributed by atoms with Crippen LogP contribution in [0.3, 0.4) is 0 Å². The molecule has 0 aliphatic rings. The van der Waals surface area contributed by atoms with Gasteiger partial charge in [-0.1, -0.05) is 13.8 Å². The Hall–Kier alpha value is -2.79. The molecule has 34 heavy (non-hydrogen) atoms. The molecule has 0 N–H and O–H groups in total. The van der Waals surface area contributed by atoms with Gasteiger partial charge in [0.2, 0.25) is 5.88 Å². The molecular weight excluding hydrogens is 466 g/mol. The molecule has 2 aromatic rings. The summed E-state index contributed by atoms with van der Waals surface area (Å²) in [5.41, 5.74) is 0.122. The fraction of sp³-hybridized carbons (Fsp3) is 0.591. The highest BCUT2D eigenvalue weighted by Crippen LogP contribution is 2.49. The molecule has 12 heteroatoms. The zero-order chi connectivity index (χ0) is 26.0. The summed E-state index contributed by atoms with van der Waals surface area (Å²) in [6.45, 7) is 8.37. The highest BCUT2D eigenvalue weighted by molar-refractivity contribution is 6.07. The van der Waals surface area contributed by atoms with Gasteiger partial charge in [0, 0.05) is 24.8 Å². The van der Waals surface area contributed by atoms with Crippen LogP contribution in [0.5, 0.6) is 5.88 Å². The first-order chi connectivity index (χ1) is 15.7. The third kappa shape index (κ3) is 5.64. The van der Waals surface area contributed by atoms with E-state index >= 15 is 0 Å². The molecule has 0 aliphatic heterocycles. The second-order valence-corrected chi connectivity index (χ2v) is 7.86. The fourth-order valence-corrected chi connectivity index (χ4v) is 3.69. The Morgan fingerprint density at radius 1 is 1.06 bits per heavy atom. The number of pyridine rings is 1. The normalized spacial score (nSPS) is 12.5. The number of aryl methyl sites for hydroxylation is 2. The number of hydrogen-bond donors (Lipinski definition) is 0. The molecule has 0 radical (unpaired) electrons. The molecule has 0 spiro atoms. The lowest BCUT2D eigenvalue weighted by molar-refractivity contribution is -0.254. The van der Waals surface area contributed by atoms with Crippen LogP contribution in [0.2, 0.25) is 0 Å². The summed E-state index contributed by atoms with van der Waals surface area (Å²) in [6, 6.07) is 1.66. The Morgan fingerprint density at radius 2 is 1.62 bits per heavy atom. The van der Waals surface area contributed by atoms with E-state index in [4.69, 9.17) is 4.74 Å². The van der Waals surface area contributed by atoms with Crippen LogP contribution < -0.4 is 9.64 Å². The van der Waals surface area contributed by atoms with Crippen molar-refractivity contribution in [2.75, 3.05) is 11.4 Å². The summed E-state index contributed by atoms with van der Waals surface area (Å²) in [6.07, 6.45) is -11.2. The quantitative estimate of drug-likeness (QED) is 0.431. The van der Waals surface area contributed by atoms with Crippen molar-refractivity contribution in [1.29, 1.82) is 0 Å². The molecule has 0 atom stereocenters. The van der Waals surface area contributed by atoms with Crippen molar-refractivity contribution in [3.63, 3.8) is 0 Å². The van der Waals surface area contributed by atoms with Crippen molar-refractivity contribution in [1.82, 2.24) is 14.8 Å². The number of alkyl halides is 6. The zero-order valence-electron chi connectivity index (χ0n) is 19.8. The van der Waals surface area contributed by atoms with Crippen molar-refractivity contribution in [3.05, 3.63) is 34.6 Å². The number of hydrogen-bond acceptors (Lipinski definition) is 4. The number of carbonyl (C=O) groups excluding carboxylic acids is 1. The molecule has 0 fully saturated rings. The van der Waals surface area contributed by atoms with Gasteiger partial charge in [-0.15, -0.1) is 0 Å². The minimum absolute atomic E-state index is 0.0609. The maximum absolute atomic E-state index is 13.5. The molecule has 0 aromatic carbocycles.